The summed E-state index contributed by atoms with van der Waals surface area (Å²) in [6, 6.07) is 3.20. The SMILES string of the molecule is Cc1cc(-c2ncn[nH]2)c(F)cc1-c1cnc2c(n1)N(C(C)C)CC(=O)N2.[HH]. The van der Waals surface area contributed by atoms with Crippen LogP contribution in [-0.4, -0.2) is 43.6 Å². The summed E-state index contributed by atoms with van der Waals surface area (Å²) in [6.45, 7) is 6.04. The number of H-pyrrole nitrogens is 1. The predicted octanol–water partition coefficient (Wildman–Crippen LogP) is 2.79. The van der Waals surface area contributed by atoms with Crippen molar-refractivity contribution in [2.75, 3.05) is 16.8 Å². The Hall–Kier alpha value is -3.36. The van der Waals surface area contributed by atoms with E-state index in [0.717, 1.165) is 5.56 Å². The number of aromatic amines is 1. The van der Waals surface area contributed by atoms with Crippen molar-refractivity contribution >= 4 is 17.5 Å². The number of aromatic nitrogens is 5. The molecule has 3 heterocycles. The lowest BCUT2D eigenvalue weighted by Crippen LogP contribution is -2.43. The molecule has 0 unspecified atom stereocenters. The number of benzene rings is 1. The van der Waals surface area contributed by atoms with Crippen LogP contribution < -0.4 is 10.2 Å². The molecule has 2 N–H and O–H groups in total. The number of rotatable bonds is 3. The van der Waals surface area contributed by atoms with Crippen molar-refractivity contribution in [2.45, 2.75) is 26.8 Å². The first-order chi connectivity index (χ1) is 12.9. The number of nitrogens with one attached hydrogen (secondary N) is 2. The largest absolute Gasteiger partial charge is 0.342 e. The van der Waals surface area contributed by atoms with Gasteiger partial charge in [0, 0.05) is 13.0 Å². The zero-order chi connectivity index (χ0) is 19.1. The summed E-state index contributed by atoms with van der Waals surface area (Å²) in [4.78, 5) is 26.7. The zero-order valence-electron chi connectivity index (χ0n) is 15.1. The minimum atomic E-state index is -0.430. The monoisotopic (exact) mass is 369 g/mol. The average Bonchev–Trinajstić information content (AvgIpc) is 3.16. The summed E-state index contributed by atoms with van der Waals surface area (Å²) in [5, 5.41) is 9.16. The topological polar surface area (TPSA) is 99.7 Å². The molecular formula is C18H20FN7O. The third kappa shape index (κ3) is 3.01. The molecule has 0 bridgehead atoms. The molecule has 3 aromatic rings. The minimum Gasteiger partial charge on any atom is -0.342 e. The number of fused-ring (bicyclic) bond motifs is 1. The van der Waals surface area contributed by atoms with E-state index >= 15 is 0 Å². The van der Waals surface area contributed by atoms with E-state index in [1.54, 1.807) is 12.3 Å². The van der Waals surface area contributed by atoms with Crippen LogP contribution in [0.1, 0.15) is 20.8 Å². The third-order valence-electron chi connectivity index (χ3n) is 4.48. The Morgan fingerprint density at radius 2 is 2.07 bits per heavy atom. The van der Waals surface area contributed by atoms with E-state index in [1.165, 1.54) is 12.4 Å². The van der Waals surface area contributed by atoms with Gasteiger partial charge in [0.05, 0.1) is 24.0 Å². The van der Waals surface area contributed by atoms with E-state index in [1.807, 2.05) is 25.7 Å². The van der Waals surface area contributed by atoms with Gasteiger partial charge in [0.25, 0.3) is 0 Å². The van der Waals surface area contributed by atoms with Crippen molar-refractivity contribution in [3.8, 4) is 22.6 Å². The molecule has 1 aromatic carbocycles. The summed E-state index contributed by atoms with van der Waals surface area (Å²) < 4.78 is 14.7. The molecule has 0 spiro atoms. The Morgan fingerprint density at radius 3 is 2.78 bits per heavy atom. The van der Waals surface area contributed by atoms with Crippen LogP contribution in [0.25, 0.3) is 22.6 Å². The summed E-state index contributed by atoms with van der Waals surface area (Å²) in [5.74, 6) is 0.812. The Kier molecular flexibility index (Phi) is 4.06. The highest BCUT2D eigenvalue weighted by Gasteiger charge is 2.27. The van der Waals surface area contributed by atoms with Gasteiger partial charge in [-0.2, -0.15) is 5.10 Å². The molecular weight excluding hydrogens is 349 g/mol. The van der Waals surface area contributed by atoms with Crippen molar-refractivity contribution < 1.29 is 10.6 Å². The highest BCUT2D eigenvalue weighted by molar-refractivity contribution is 5.99. The Bertz CT molecular complexity index is 1020. The summed E-state index contributed by atoms with van der Waals surface area (Å²) >= 11 is 0. The van der Waals surface area contributed by atoms with Gasteiger partial charge in [0.15, 0.2) is 17.5 Å². The molecule has 0 fully saturated rings. The maximum absolute atomic E-state index is 14.7. The summed E-state index contributed by atoms with van der Waals surface area (Å²) in [6.07, 6.45) is 2.88. The van der Waals surface area contributed by atoms with Crippen LogP contribution in [0.2, 0.25) is 0 Å². The number of carbonyl (C=O) groups excluding carboxylic acids is 1. The molecule has 9 heteroatoms. The highest BCUT2D eigenvalue weighted by Crippen LogP contribution is 2.33. The molecule has 0 saturated heterocycles. The van der Waals surface area contributed by atoms with Crippen molar-refractivity contribution in [3.63, 3.8) is 0 Å². The van der Waals surface area contributed by atoms with Gasteiger partial charge in [-0.05, 0) is 38.5 Å². The maximum Gasteiger partial charge on any atom is 0.245 e. The number of hydrogen-bond acceptors (Lipinski definition) is 6. The van der Waals surface area contributed by atoms with Gasteiger partial charge < -0.3 is 10.2 Å². The predicted molar refractivity (Wildman–Crippen MR) is 101 cm³/mol. The number of carbonyl (C=O) groups is 1. The van der Waals surface area contributed by atoms with Crippen LogP contribution in [0.3, 0.4) is 0 Å². The second kappa shape index (κ2) is 6.42. The fourth-order valence-corrected chi connectivity index (χ4v) is 3.10. The van der Waals surface area contributed by atoms with E-state index in [4.69, 9.17) is 0 Å². The van der Waals surface area contributed by atoms with Gasteiger partial charge in [-0.15, -0.1) is 0 Å². The number of amides is 1. The second-order valence-corrected chi connectivity index (χ2v) is 6.68. The van der Waals surface area contributed by atoms with E-state index in [0.29, 0.717) is 34.3 Å². The molecule has 0 atom stereocenters. The maximum atomic E-state index is 14.7. The number of halogens is 1. The fraction of sp³-hybridized carbons (Fsp3) is 0.278. The van der Waals surface area contributed by atoms with E-state index < -0.39 is 5.82 Å². The lowest BCUT2D eigenvalue weighted by atomic mass is 10.0. The van der Waals surface area contributed by atoms with Crippen LogP contribution in [0.4, 0.5) is 16.0 Å². The Labute approximate surface area is 156 Å². The molecule has 8 nitrogen and oxygen atoms in total. The minimum absolute atomic E-state index is 0. The molecule has 0 radical (unpaired) electrons. The number of hydrogen-bond donors (Lipinski definition) is 2. The van der Waals surface area contributed by atoms with E-state index in [9.17, 15) is 9.18 Å². The lowest BCUT2D eigenvalue weighted by molar-refractivity contribution is -0.115. The average molecular weight is 369 g/mol. The van der Waals surface area contributed by atoms with Crippen LogP contribution in [-0.2, 0) is 4.79 Å². The molecule has 0 aliphatic carbocycles. The van der Waals surface area contributed by atoms with Gasteiger partial charge in [-0.25, -0.2) is 19.3 Å². The molecule has 1 aliphatic rings. The Balaban J connectivity index is 0.00000225. The first kappa shape index (κ1) is 17.1. The van der Waals surface area contributed by atoms with Crippen molar-refractivity contribution in [1.82, 2.24) is 25.1 Å². The molecule has 140 valence electrons. The fourth-order valence-electron chi connectivity index (χ4n) is 3.10. The van der Waals surface area contributed by atoms with Crippen LogP contribution in [0.15, 0.2) is 24.7 Å². The standard InChI is InChI=1S/C18H18FN7O.H2/c1-9(2)26-7-15(27)24-17-18(26)23-14(6-20-17)11-5-13(19)12(4-10(11)3)16-21-8-22-25-16;/h4-6,8-9H,7H2,1-3H3,(H,20,24,27)(H,21,22,25);1H. The first-order valence-corrected chi connectivity index (χ1v) is 8.54. The second-order valence-electron chi connectivity index (χ2n) is 6.68. The van der Waals surface area contributed by atoms with Gasteiger partial charge in [0.1, 0.15) is 12.1 Å². The third-order valence-corrected chi connectivity index (χ3v) is 4.48. The molecule has 27 heavy (non-hydrogen) atoms. The van der Waals surface area contributed by atoms with Crippen LogP contribution in [0, 0.1) is 12.7 Å². The number of anilines is 2. The normalized spacial score (nSPS) is 13.7. The Morgan fingerprint density at radius 1 is 1.26 bits per heavy atom. The molecule has 2 aromatic heterocycles. The lowest BCUT2D eigenvalue weighted by Gasteiger charge is -2.32. The van der Waals surface area contributed by atoms with Gasteiger partial charge in [-0.1, -0.05) is 0 Å². The van der Waals surface area contributed by atoms with Gasteiger partial charge >= 0.3 is 0 Å². The van der Waals surface area contributed by atoms with Crippen molar-refractivity contribution in [1.29, 1.82) is 0 Å². The first-order valence-electron chi connectivity index (χ1n) is 8.54. The summed E-state index contributed by atoms with van der Waals surface area (Å²) in [7, 11) is 0. The van der Waals surface area contributed by atoms with Gasteiger partial charge in [-0.3, -0.25) is 9.89 Å². The van der Waals surface area contributed by atoms with Crippen molar-refractivity contribution in [3.05, 3.63) is 36.0 Å². The van der Waals surface area contributed by atoms with E-state index in [2.05, 4.69) is 30.5 Å². The smallest absolute Gasteiger partial charge is 0.245 e. The summed E-state index contributed by atoms with van der Waals surface area (Å²) in [5.41, 5.74) is 2.34. The van der Waals surface area contributed by atoms with Crippen LogP contribution >= 0.6 is 0 Å². The number of aryl methyl sites for hydroxylation is 1. The van der Waals surface area contributed by atoms with E-state index in [-0.39, 0.29) is 19.9 Å². The molecule has 0 saturated carbocycles. The molecule has 1 aliphatic heterocycles. The molecule has 1 amide bonds. The zero-order valence-corrected chi connectivity index (χ0v) is 15.1. The number of nitrogens with zero attached hydrogens (tertiary/aromatic N) is 5. The highest BCUT2D eigenvalue weighted by atomic mass is 19.1. The van der Waals surface area contributed by atoms with Crippen molar-refractivity contribution in [2.24, 2.45) is 0 Å². The quantitative estimate of drug-likeness (QED) is 0.736. The molecule has 4 rings (SSSR count). The van der Waals surface area contributed by atoms with Crippen LogP contribution in [0.5, 0.6) is 0 Å². The van der Waals surface area contributed by atoms with Gasteiger partial charge in [0.2, 0.25) is 5.91 Å².